The summed E-state index contributed by atoms with van der Waals surface area (Å²) in [4.78, 5) is 22.0. The molecular weight excluding hydrogens is 488 g/mol. The Balaban J connectivity index is 1.30. The molecule has 1 aliphatic heterocycles. The molecular formula is C28H30N4O6. The van der Waals surface area contributed by atoms with Gasteiger partial charge in [-0.25, -0.2) is 0 Å². The number of carbonyl (C=O) groups is 1. The lowest BCUT2D eigenvalue weighted by Gasteiger charge is -2.12. The number of rotatable bonds is 11. The molecule has 1 unspecified atom stereocenters. The van der Waals surface area contributed by atoms with E-state index in [0.29, 0.717) is 71.3 Å². The average Bonchev–Trinajstić information content (AvgIpc) is 3.59. The highest BCUT2D eigenvalue weighted by Crippen LogP contribution is 2.36. The molecule has 1 fully saturated rings. The number of methoxy groups -OCH3 is 2. The Hall–Kier alpha value is -4.18. The van der Waals surface area contributed by atoms with Gasteiger partial charge in [0, 0.05) is 42.4 Å². The van der Waals surface area contributed by atoms with E-state index in [1.807, 2.05) is 13.0 Å². The van der Waals surface area contributed by atoms with Crippen molar-refractivity contribution >= 4 is 16.7 Å². The number of ether oxygens (including phenoxy) is 5. The first kappa shape index (κ1) is 25.5. The quantitative estimate of drug-likeness (QED) is 0.265. The first-order valence-electron chi connectivity index (χ1n) is 12.5. The van der Waals surface area contributed by atoms with Crippen LogP contribution in [-0.2, 0) is 17.7 Å². The summed E-state index contributed by atoms with van der Waals surface area (Å²) in [5.74, 6) is 3.02. The van der Waals surface area contributed by atoms with Crippen molar-refractivity contribution in [2.24, 2.45) is 5.92 Å². The van der Waals surface area contributed by atoms with Crippen molar-refractivity contribution in [1.82, 2.24) is 19.7 Å². The Morgan fingerprint density at radius 1 is 1.08 bits per heavy atom. The molecule has 0 saturated carbocycles. The van der Waals surface area contributed by atoms with E-state index >= 15 is 0 Å². The fourth-order valence-corrected chi connectivity index (χ4v) is 4.43. The molecule has 1 saturated heterocycles. The second kappa shape index (κ2) is 11.5. The zero-order chi connectivity index (χ0) is 26.5. The Morgan fingerprint density at radius 2 is 1.92 bits per heavy atom. The van der Waals surface area contributed by atoms with E-state index in [0.717, 1.165) is 18.4 Å². The Morgan fingerprint density at radius 3 is 2.63 bits per heavy atom. The third-order valence-corrected chi connectivity index (χ3v) is 6.34. The van der Waals surface area contributed by atoms with Crippen molar-refractivity contribution in [3.05, 3.63) is 60.3 Å². The van der Waals surface area contributed by atoms with Crippen molar-refractivity contribution < 1.29 is 28.5 Å². The summed E-state index contributed by atoms with van der Waals surface area (Å²) in [5.41, 5.74) is 1.63. The van der Waals surface area contributed by atoms with Crippen LogP contribution in [0, 0.1) is 5.92 Å². The number of benzene rings is 1. The van der Waals surface area contributed by atoms with Crippen LogP contribution in [0.15, 0.2) is 48.9 Å². The highest BCUT2D eigenvalue weighted by atomic mass is 16.5. The highest BCUT2D eigenvalue weighted by Gasteiger charge is 2.22. The van der Waals surface area contributed by atoms with Crippen LogP contribution in [0.1, 0.15) is 29.5 Å². The lowest BCUT2D eigenvalue weighted by Crippen LogP contribution is -2.13. The van der Waals surface area contributed by atoms with Gasteiger partial charge in [-0.05, 0) is 37.6 Å². The molecule has 4 aromatic rings. The molecule has 0 amide bonds. The van der Waals surface area contributed by atoms with Crippen molar-refractivity contribution in [1.29, 1.82) is 0 Å². The van der Waals surface area contributed by atoms with Gasteiger partial charge in [0.25, 0.3) is 0 Å². The van der Waals surface area contributed by atoms with Gasteiger partial charge in [0.1, 0.15) is 11.5 Å². The molecule has 1 aromatic carbocycles. The standard InChI is InChI=1S/C28H30N4O6/c1-4-37-27-16-32(15-18-8-10-36-17-18)31-28(27)23(33)11-19-5-6-20(14-30-19)38-24-7-9-29-22-13-26(35-3)25(34-2)12-21(22)24/h5-7,9,12-14,16,18H,4,8,10-11,15,17H2,1-3H3. The fraction of sp³-hybridized carbons (Fsp3) is 0.357. The van der Waals surface area contributed by atoms with Crippen LogP contribution >= 0.6 is 0 Å². The van der Waals surface area contributed by atoms with Gasteiger partial charge in [0.15, 0.2) is 28.7 Å². The number of fused-ring (bicyclic) bond motifs is 1. The predicted molar refractivity (Wildman–Crippen MR) is 140 cm³/mol. The number of pyridine rings is 2. The Bertz CT molecular complexity index is 1410. The largest absolute Gasteiger partial charge is 0.493 e. The van der Waals surface area contributed by atoms with Gasteiger partial charge in [0.05, 0.1) is 51.8 Å². The first-order chi connectivity index (χ1) is 18.6. The maximum absolute atomic E-state index is 13.1. The van der Waals surface area contributed by atoms with Crippen LogP contribution in [-0.4, -0.2) is 59.6 Å². The van der Waals surface area contributed by atoms with Gasteiger partial charge in [-0.15, -0.1) is 0 Å². The van der Waals surface area contributed by atoms with E-state index in [1.54, 1.807) is 61.8 Å². The first-order valence-corrected chi connectivity index (χ1v) is 12.5. The zero-order valence-electron chi connectivity index (χ0n) is 21.7. The van der Waals surface area contributed by atoms with Crippen molar-refractivity contribution in [2.45, 2.75) is 26.3 Å². The Kier molecular flexibility index (Phi) is 7.69. The van der Waals surface area contributed by atoms with Crippen LogP contribution in [0.2, 0.25) is 0 Å². The van der Waals surface area contributed by atoms with Crippen molar-refractivity contribution in [3.8, 4) is 28.7 Å². The molecule has 0 bridgehead atoms. The van der Waals surface area contributed by atoms with E-state index in [2.05, 4.69) is 15.1 Å². The van der Waals surface area contributed by atoms with E-state index < -0.39 is 0 Å². The van der Waals surface area contributed by atoms with E-state index in [4.69, 9.17) is 23.7 Å². The minimum Gasteiger partial charge on any atom is -0.493 e. The molecule has 198 valence electrons. The van der Waals surface area contributed by atoms with Gasteiger partial charge < -0.3 is 23.7 Å². The summed E-state index contributed by atoms with van der Waals surface area (Å²) in [5, 5.41) is 5.30. The van der Waals surface area contributed by atoms with Crippen molar-refractivity contribution in [3.63, 3.8) is 0 Å². The van der Waals surface area contributed by atoms with Gasteiger partial charge in [-0.2, -0.15) is 5.10 Å². The van der Waals surface area contributed by atoms with Crippen LogP contribution in [0.3, 0.4) is 0 Å². The van der Waals surface area contributed by atoms with Crippen LogP contribution in [0.4, 0.5) is 0 Å². The number of hydrogen-bond acceptors (Lipinski definition) is 9. The summed E-state index contributed by atoms with van der Waals surface area (Å²) < 4.78 is 29.8. The number of ketones is 1. The molecule has 0 spiro atoms. The molecule has 0 aliphatic carbocycles. The van der Waals surface area contributed by atoms with Gasteiger partial charge in [-0.1, -0.05) is 0 Å². The predicted octanol–water partition coefficient (Wildman–Crippen LogP) is 4.50. The molecule has 0 radical (unpaired) electrons. The maximum Gasteiger partial charge on any atom is 0.192 e. The van der Waals surface area contributed by atoms with Crippen LogP contribution in [0.25, 0.3) is 10.9 Å². The molecule has 1 aliphatic rings. The highest BCUT2D eigenvalue weighted by molar-refractivity contribution is 5.98. The SMILES string of the molecule is CCOc1cn(CC2CCOC2)nc1C(=O)Cc1ccc(Oc2ccnc3cc(OC)c(OC)cc23)cn1. The number of hydrogen-bond donors (Lipinski definition) is 0. The lowest BCUT2D eigenvalue weighted by atomic mass is 10.1. The summed E-state index contributed by atoms with van der Waals surface area (Å²) >= 11 is 0. The van der Waals surface area contributed by atoms with Gasteiger partial charge >= 0.3 is 0 Å². The molecule has 38 heavy (non-hydrogen) atoms. The fourth-order valence-electron chi connectivity index (χ4n) is 4.43. The average molecular weight is 519 g/mol. The molecule has 10 heteroatoms. The second-order valence-corrected chi connectivity index (χ2v) is 8.95. The monoisotopic (exact) mass is 518 g/mol. The topological polar surface area (TPSA) is 107 Å². The summed E-state index contributed by atoms with van der Waals surface area (Å²) in [6.07, 6.45) is 6.14. The molecule has 4 heterocycles. The number of carbonyl (C=O) groups excluding carboxylic acids is 1. The number of Topliss-reactive ketones (excluding diaryl/α,β-unsaturated/α-hetero) is 1. The van der Waals surface area contributed by atoms with Crippen molar-refractivity contribution in [2.75, 3.05) is 34.0 Å². The molecule has 5 rings (SSSR count). The minimum absolute atomic E-state index is 0.0963. The molecule has 0 N–H and O–H groups in total. The maximum atomic E-state index is 13.1. The van der Waals surface area contributed by atoms with E-state index in [9.17, 15) is 4.79 Å². The Labute approximate surface area is 220 Å². The summed E-state index contributed by atoms with van der Waals surface area (Å²) in [7, 11) is 3.16. The molecule has 3 aromatic heterocycles. The summed E-state index contributed by atoms with van der Waals surface area (Å²) in [6, 6.07) is 8.95. The van der Waals surface area contributed by atoms with E-state index in [-0.39, 0.29) is 12.2 Å². The third-order valence-electron chi connectivity index (χ3n) is 6.34. The normalized spacial score (nSPS) is 15.0. The van der Waals surface area contributed by atoms with E-state index in [1.165, 1.54) is 0 Å². The van der Waals surface area contributed by atoms with Crippen LogP contribution in [0.5, 0.6) is 28.7 Å². The van der Waals surface area contributed by atoms with Gasteiger partial charge in [0.2, 0.25) is 0 Å². The molecule has 10 nitrogen and oxygen atoms in total. The smallest absolute Gasteiger partial charge is 0.192 e. The number of aromatic nitrogens is 4. The van der Waals surface area contributed by atoms with Crippen LogP contribution < -0.4 is 18.9 Å². The minimum atomic E-state index is -0.155. The summed E-state index contributed by atoms with van der Waals surface area (Å²) in [6.45, 7) is 4.50. The third kappa shape index (κ3) is 5.55. The molecule has 1 atom stereocenters. The number of nitrogens with zero attached hydrogens (tertiary/aromatic N) is 4. The zero-order valence-corrected chi connectivity index (χ0v) is 21.7. The second-order valence-electron chi connectivity index (χ2n) is 8.95. The lowest BCUT2D eigenvalue weighted by molar-refractivity contribution is 0.0982. The van der Waals surface area contributed by atoms with Gasteiger partial charge in [-0.3, -0.25) is 19.4 Å².